The van der Waals surface area contributed by atoms with E-state index in [4.69, 9.17) is 9.47 Å². The van der Waals surface area contributed by atoms with Gasteiger partial charge in [-0.15, -0.1) is 0 Å². The number of hydrogen-bond acceptors (Lipinski definition) is 5. The average Bonchev–Trinajstić information content (AvgIpc) is 2.95. The summed E-state index contributed by atoms with van der Waals surface area (Å²) < 4.78 is 25.7. The molecule has 152 valence electrons. The van der Waals surface area contributed by atoms with E-state index in [0.29, 0.717) is 38.2 Å². The van der Waals surface area contributed by atoms with Crippen molar-refractivity contribution in [3.63, 3.8) is 0 Å². The number of carbonyl (C=O) groups excluding carboxylic acids is 1. The Morgan fingerprint density at radius 1 is 1.28 bits per heavy atom. The fraction of sp³-hybridized carbons (Fsp3) is 0.238. The highest BCUT2D eigenvalue weighted by Crippen LogP contribution is 2.39. The number of hydrogen-bond donors (Lipinski definition) is 0. The quantitative estimate of drug-likeness (QED) is 0.542. The monoisotopic (exact) mass is 478 g/mol. The normalized spacial score (nSPS) is 16.7. The van der Waals surface area contributed by atoms with Crippen LogP contribution in [0.3, 0.4) is 0 Å². The van der Waals surface area contributed by atoms with Crippen molar-refractivity contribution in [1.82, 2.24) is 4.90 Å². The number of nitrogens with zero attached hydrogens (tertiary/aromatic N) is 2. The minimum atomic E-state index is -0.309. The molecule has 1 aliphatic heterocycles. The van der Waals surface area contributed by atoms with Crippen molar-refractivity contribution >= 4 is 44.8 Å². The second kappa shape index (κ2) is 9.45. The molecule has 1 saturated heterocycles. The van der Waals surface area contributed by atoms with Gasteiger partial charge >= 0.3 is 0 Å². The molecule has 0 bridgehead atoms. The van der Waals surface area contributed by atoms with E-state index in [9.17, 15) is 9.18 Å². The Hall–Kier alpha value is -2.32. The Labute approximate surface area is 181 Å². The minimum Gasteiger partial charge on any atom is -0.490 e. The van der Waals surface area contributed by atoms with Crippen molar-refractivity contribution in [3.8, 4) is 11.5 Å². The van der Waals surface area contributed by atoms with Gasteiger partial charge in [0.25, 0.3) is 5.91 Å². The van der Waals surface area contributed by atoms with Crippen LogP contribution in [0, 0.1) is 5.82 Å². The van der Waals surface area contributed by atoms with Gasteiger partial charge in [-0.25, -0.2) is 4.39 Å². The van der Waals surface area contributed by atoms with Crippen LogP contribution in [0.4, 0.5) is 4.39 Å². The number of amides is 1. The molecule has 3 rings (SSSR count). The van der Waals surface area contributed by atoms with Gasteiger partial charge in [0, 0.05) is 14.1 Å². The zero-order valence-corrected chi connectivity index (χ0v) is 18.6. The first kappa shape index (κ1) is 21.4. The van der Waals surface area contributed by atoms with Crippen LogP contribution in [0.15, 0.2) is 50.8 Å². The van der Waals surface area contributed by atoms with E-state index in [1.54, 1.807) is 32.3 Å². The van der Waals surface area contributed by atoms with Crippen LogP contribution in [0.2, 0.25) is 0 Å². The van der Waals surface area contributed by atoms with Crippen LogP contribution in [0.25, 0.3) is 6.08 Å². The van der Waals surface area contributed by atoms with Crippen molar-refractivity contribution in [2.24, 2.45) is 4.99 Å². The molecule has 0 aromatic heterocycles. The maximum absolute atomic E-state index is 13.4. The number of benzene rings is 2. The van der Waals surface area contributed by atoms with Crippen LogP contribution in [-0.4, -0.2) is 36.7 Å². The maximum atomic E-state index is 13.4. The molecule has 1 heterocycles. The smallest absolute Gasteiger partial charge is 0.266 e. The van der Waals surface area contributed by atoms with Crippen LogP contribution in [0.1, 0.15) is 18.1 Å². The zero-order chi connectivity index (χ0) is 21.0. The lowest BCUT2D eigenvalue weighted by Gasteiger charge is -2.15. The first-order valence-corrected chi connectivity index (χ1v) is 10.5. The van der Waals surface area contributed by atoms with Gasteiger partial charge in [-0.3, -0.25) is 14.7 Å². The summed E-state index contributed by atoms with van der Waals surface area (Å²) >= 11 is 4.85. The first-order valence-electron chi connectivity index (χ1n) is 8.91. The fourth-order valence-electron chi connectivity index (χ4n) is 2.76. The Balaban J connectivity index is 1.88. The standard InChI is InChI=1S/C21H20BrFN2O3S/c1-4-27-17-10-14(11-18-20(26)25(3)21(24-2)29-18)9-16(22)19(17)28-12-13-6-5-7-15(23)8-13/h5-11H,4,12H2,1-3H3/b18-11+,24-21?. The SMILES string of the molecule is CCOc1cc(/C=C2/SC(=NC)N(C)C2=O)cc(Br)c1OCc1cccc(F)c1. The molecule has 0 N–H and O–H groups in total. The van der Waals surface area contributed by atoms with Gasteiger partial charge < -0.3 is 9.47 Å². The van der Waals surface area contributed by atoms with Crippen LogP contribution in [0.5, 0.6) is 11.5 Å². The lowest BCUT2D eigenvalue weighted by molar-refractivity contribution is -0.121. The Morgan fingerprint density at radius 2 is 2.07 bits per heavy atom. The first-order chi connectivity index (χ1) is 13.9. The predicted octanol–water partition coefficient (Wildman–Crippen LogP) is 5.10. The maximum Gasteiger partial charge on any atom is 0.266 e. The van der Waals surface area contributed by atoms with Crippen molar-refractivity contribution in [2.75, 3.05) is 20.7 Å². The van der Waals surface area contributed by atoms with Crippen molar-refractivity contribution in [1.29, 1.82) is 0 Å². The zero-order valence-electron chi connectivity index (χ0n) is 16.2. The molecule has 2 aromatic rings. The molecule has 0 saturated carbocycles. The van der Waals surface area contributed by atoms with E-state index in [1.165, 1.54) is 28.8 Å². The highest BCUT2D eigenvalue weighted by Gasteiger charge is 2.29. The second-order valence-corrected chi connectivity index (χ2v) is 8.03. The summed E-state index contributed by atoms with van der Waals surface area (Å²) in [5.41, 5.74) is 1.51. The Bertz CT molecular complexity index is 994. The second-order valence-electron chi connectivity index (χ2n) is 6.16. The number of aliphatic imine (C=N–C) groups is 1. The summed E-state index contributed by atoms with van der Waals surface area (Å²) in [6.45, 7) is 2.53. The van der Waals surface area contributed by atoms with Crippen LogP contribution >= 0.6 is 27.7 Å². The number of thioether (sulfide) groups is 1. The molecule has 1 amide bonds. The van der Waals surface area contributed by atoms with Gasteiger partial charge in [-0.05, 0) is 76.1 Å². The largest absolute Gasteiger partial charge is 0.490 e. The van der Waals surface area contributed by atoms with Gasteiger partial charge in [0.2, 0.25) is 0 Å². The number of rotatable bonds is 6. The molecule has 1 fully saturated rings. The lowest BCUT2D eigenvalue weighted by atomic mass is 10.1. The van der Waals surface area contributed by atoms with Gasteiger partial charge in [0.15, 0.2) is 16.7 Å². The summed E-state index contributed by atoms with van der Waals surface area (Å²) in [5.74, 6) is 0.655. The van der Waals surface area contributed by atoms with Crippen molar-refractivity contribution < 1.29 is 18.7 Å². The van der Waals surface area contributed by atoms with Gasteiger partial charge in [-0.2, -0.15) is 0 Å². The molecule has 0 radical (unpaired) electrons. The summed E-state index contributed by atoms with van der Waals surface area (Å²) in [7, 11) is 3.35. The lowest BCUT2D eigenvalue weighted by Crippen LogP contribution is -2.23. The molecule has 2 aromatic carbocycles. The number of amidine groups is 1. The molecule has 0 spiro atoms. The average molecular weight is 479 g/mol. The van der Waals surface area contributed by atoms with Crippen LogP contribution in [-0.2, 0) is 11.4 Å². The third kappa shape index (κ3) is 5.00. The Kier molecular flexibility index (Phi) is 6.97. The highest BCUT2D eigenvalue weighted by atomic mass is 79.9. The number of halogens is 2. The van der Waals surface area contributed by atoms with E-state index in [2.05, 4.69) is 20.9 Å². The van der Waals surface area contributed by atoms with E-state index in [1.807, 2.05) is 19.1 Å². The number of ether oxygens (including phenoxy) is 2. The third-order valence-corrected chi connectivity index (χ3v) is 5.84. The highest BCUT2D eigenvalue weighted by molar-refractivity contribution is 9.10. The predicted molar refractivity (Wildman–Crippen MR) is 118 cm³/mol. The molecular weight excluding hydrogens is 459 g/mol. The molecule has 0 unspecified atom stereocenters. The summed E-state index contributed by atoms with van der Waals surface area (Å²) in [6.07, 6.45) is 1.80. The molecule has 0 aliphatic carbocycles. The molecule has 29 heavy (non-hydrogen) atoms. The van der Waals surface area contributed by atoms with Crippen molar-refractivity contribution in [3.05, 3.63) is 62.7 Å². The fourth-order valence-corrected chi connectivity index (χ4v) is 4.26. The minimum absolute atomic E-state index is 0.101. The van der Waals surface area contributed by atoms with E-state index in [0.717, 1.165) is 5.56 Å². The molecule has 0 atom stereocenters. The van der Waals surface area contributed by atoms with E-state index >= 15 is 0 Å². The molecular formula is C21H20BrFN2O3S. The third-order valence-electron chi connectivity index (χ3n) is 4.10. The van der Waals surface area contributed by atoms with Gasteiger partial charge in [0.05, 0.1) is 16.0 Å². The van der Waals surface area contributed by atoms with E-state index < -0.39 is 0 Å². The number of likely N-dealkylation sites (N-methyl/N-ethyl adjacent to an activating group) is 1. The van der Waals surface area contributed by atoms with Crippen molar-refractivity contribution in [2.45, 2.75) is 13.5 Å². The van der Waals surface area contributed by atoms with Crippen LogP contribution < -0.4 is 9.47 Å². The summed E-state index contributed by atoms with van der Waals surface area (Å²) in [6, 6.07) is 9.93. The number of carbonyl (C=O) groups is 1. The molecule has 8 heteroatoms. The molecule has 5 nitrogen and oxygen atoms in total. The summed E-state index contributed by atoms with van der Waals surface area (Å²) in [5, 5.41) is 0.653. The summed E-state index contributed by atoms with van der Waals surface area (Å²) in [4.78, 5) is 18.6. The Morgan fingerprint density at radius 3 is 2.72 bits per heavy atom. The van der Waals surface area contributed by atoms with E-state index in [-0.39, 0.29) is 18.3 Å². The van der Waals surface area contributed by atoms with Gasteiger partial charge in [0.1, 0.15) is 12.4 Å². The van der Waals surface area contributed by atoms with Gasteiger partial charge in [-0.1, -0.05) is 12.1 Å². The topological polar surface area (TPSA) is 51.1 Å². The molecule has 1 aliphatic rings.